The first-order valence-corrected chi connectivity index (χ1v) is 13.2. The van der Waals surface area contributed by atoms with Gasteiger partial charge in [-0.3, -0.25) is 14.4 Å². The van der Waals surface area contributed by atoms with Crippen molar-refractivity contribution in [2.45, 2.75) is 32.7 Å². The van der Waals surface area contributed by atoms with Crippen LogP contribution < -0.4 is 14.8 Å². The predicted molar refractivity (Wildman–Crippen MR) is 145 cm³/mol. The summed E-state index contributed by atoms with van der Waals surface area (Å²) in [5.74, 6) is -1.22. The molecule has 43 heavy (non-hydrogen) atoms. The zero-order valence-corrected chi connectivity index (χ0v) is 23.0. The molecule has 226 valence electrons. The molecule has 0 saturated carbocycles. The van der Waals surface area contributed by atoms with Crippen molar-refractivity contribution in [1.82, 2.24) is 9.80 Å². The number of hydrogen-bond donors (Lipinski definition) is 1. The average Bonchev–Trinajstić information content (AvgIpc) is 3.04. The van der Waals surface area contributed by atoms with Gasteiger partial charge in [0.05, 0.1) is 23.4 Å². The molecule has 1 saturated heterocycles. The van der Waals surface area contributed by atoms with Crippen molar-refractivity contribution in [1.29, 1.82) is 0 Å². The molecular weight excluding hydrogens is 577 g/mol. The molecule has 1 N–H and O–H groups in total. The largest absolute Gasteiger partial charge is 0.483 e. The molecule has 3 aromatic rings. The lowest BCUT2D eigenvalue weighted by atomic mass is 9.97. The van der Waals surface area contributed by atoms with E-state index < -0.39 is 48.7 Å². The number of nitrogens with one attached hydrogen (secondary N) is 1. The number of piperazine rings is 1. The van der Waals surface area contributed by atoms with Gasteiger partial charge >= 0.3 is 12.8 Å². The summed E-state index contributed by atoms with van der Waals surface area (Å²) in [5.41, 5.74) is 1.06. The molecule has 3 amide bonds. The summed E-state index contributed by atoms with van der Waals surface area (Å²) in [7, 11) is 0. The van der Waals surface area contributed by atoms with E-state index in [4.69, 9.17) is 4.74 Å². The van der Waals surface area contributed by atoms with Gasteiger partial charge in [-0.05, 0) is 78.6 Å². The maximum atomic E-state index is 13.6. The molecule has 0 unspecified atom stereocenters. The number of benzene rings is 3. The minimum Gasteiger partial charge on any atom is -0.483 e. The lowest BCUT2D eigenvalue weighted by molar-refractivity contribution is -0.138. The topological polar surface area (TPSA) is 88.2 Å². The number of anilines is 1. The lowest BCUT2D eigenvalue weighted by Gasteiger charge is -2.39. The van der Waals surface area contributed by atoms with E-state index in [2.05, 4.69) is 10.1 Å². The van der Waals surface area contributed by atoms with Crippen LogP contribution in [-0.4, -0.2) is 66.4 Å². The van der Waals surface area contributed by atoms with Gasteiger partial charge in [-0.2, -0.15) is 22.0 Å². The molecule has 2 aliphatic rings. The third kappa shape index (κ3) is 6.40. The van der Waals surface area contributed by atoms with E-state index in [1.54, 1.807) is 19.9 Å². The Balaban J connectivity index is 1.30. The second-order valence-electron chi connectivity index (χ2n) is 10.3. The summed E-state index contributed by atoms with van der Waals surface area (Å²) < 4.78 is 75.0. The number of carbonyl (C=O) groups is 3. The van der Waals surface area contributed by atoms with Crippen LogP contribution in [-0.2, 0) is 15.8 Å². The summed E-state index contributed by atoms with van der Waals surface area (Å²) in [6.07, 6.45) is -4.54. The Labute approximate surface area is 243 Å². The fourth-order valence-electron chi connectivity index (χ4n) is 5.16. The Morgan fingerprint density at radius 2 is 1.77 bits per heavy atom. The van der Waals surface area contributed by atoms with Crippen LogP contribution in [0.25, 0.3) is 11.1 Å². The third-order valence-corrected chi connectivity index (χ3v) is 7.27. The highest BCUT2D eigenvalue weighted by Crippen LogP contribution is 2.35. The normalized spacial score (nSPS) is 16.8. The van der Waals surface area contributed by atoms with Crippen molar-refractivity contribution < 1.29 is 45.8 Å². The predicted octanol–water partition coefficient (Wildman–Crippen LogP) is 5.27. The van der Waals surface area contributed by atoms with Crippen molar-refractivity contribution in [3.8, 4) is 22.6 Å². The van der Waals surface area contributed by atoms with Crippen molar-refractivity contribution in [2.75, 3.05) is 31.6 Å². The number of fused-ring (bicyclic) bond motifs is 2. The Bertz CT molecular complexity index is 1590. The van der Waals surface area contributed by atoms with Gasteiger partial charge in [0, 0.05) is 13.1 Å². The van der Waals surface area contributed by atoms with Crippen LogP contribution in [0.1, 0.15) is 27.0 Å². The van der Waals surface area contributed by atoms with Gasteiger partial charge in [-0.15, -0.1) is 0 Å². The fourth-order valence-corrected chi connectivity index (χ4v) is 5.16. The number of nitrogens with zero attached hydrogens (tertiary/aromatic N) is 2. The summed E-state index contributed by atoms with van der Waals surface area (Å²) in [6, 6.07) is 11.1. The quantitative estimate of drug-likeness (QED) is 0.388. The number of alkyl halides is 5. The Kier molecular flexibility index (Phi) is 8.00. The molecule has 1 fully saturated rings. The van der Waals surface area contributed by atoms with Crippen LogP contribution in [0, 0.1) is 13.8 Å². The van der Waals surface area contributed by atoms with Crippen molar-refractivity contribution in [2.24, 2.45) is 0 Å². The summed E-state index contributed by atoms with van der Waals surface area (Å²) in [6.45, 7) is -0.171. The van der Waals surface area contributed by atoms with Crippen LogP contribution in [0.2, 0.25) is 0 Å². The number of rotatable bonds is 6. The monoisotopic (exact) mass is 603 g/mol. The zero-order chi connectivity index (χ0) is 31.1. The van der Waals surface area contributed by atoms with E-state index in [1.165, 1.54) is 46.2 Å². The maximum Gasteiger partial charge on any atom is 0.416 e. The number of aryl methyl sites for hydroxylation is 2. The van der Waals surface area contributed by atoms with Crippen LogP contribution in [0.15, 0.2) is 54.6 Å². The molecule has 13 heteroatoms. The summed E-state index contributed by atoms with van der Waals surface area (Å²) >= 11 is 0. The molecule has 0 aromatic heterocycles. The van der Waals surface area contributed by atoms with Crippen LogP contribution >= 0.6 is 0 Å². The molecule has 3 aromatic carbocycles. The van der Waals surface area contributed by atoms with Gasteiger partial charge in [0.1, 0.15) is 17.5 Å². The van der Waals surface area contributed by atoms with Gasteiger partial charge < -0.3 is 24.6 Å². The van der Waals surface area contributed by atoms with Crippen molar-refractivity contribution in [3.05, 3.63) is 76.9 Å². The minimum atomic E-state index is -4.54. The van der Waals surface area contributed by atoms with Gasteiger partial charge in [-0.1, -0.05) is 12.1 Å². The molecule has 1 atom stereocenters. The first-order chi connectivity index (χ1) is 20.3. The van der Waals surface area contributed by atoms with Gasteiger partial charge in [0.2, 0.25) is 5.91 Å². The van der Waals surface area contributed by atoms with Crippen LogP contribution in [0.5, 0.6) is 11.5 Å². The summed E-state index contributed by atoms with van der Waals surface area (Å²) in [4.78, 5) is 42.4. The second-order valence-corrected chi connectivity index (χ2v) is 10.3. The third-order valence-electron chi connectivity index (χ3n) is 7.27. The number of carbonyl (C=O) groups excluding carboxylic acids is 3. The number of halogens is 5. The standard InChI is InChI=1S/C30H26F5N3O5/c1-16-9-19(12-20(10-16)30(33,34)35)18-3-5-23-22(13-18)28(41)38-8-7-37(14-24(38)27(40)36-23)26(39)15-42-25-6-4-21(11-17(25)2)43-29(31)32/h3-6,9-13,24,29H,7-8,14-15H2,1-2H3,(H,36,40)/t24-/m0/s1. The maximum absolute atomic E-state index is 13.6. The minimum absolute atomic E-state index is 0.0354. The molecule has 0 radical (unpaired) electrons. The summed E-state index contributed by atoms with van der Waals surface area (Å²) in [5, 5.41) is 2.71. The van der Waals surface area contributed by atoms with E-state index in [0.717, 1.165) is 12.1 Å². The first-order valence-electron chi connectivity index (χ1n) is 13.2. The number of hydrogen-bond acceptors (Lipinski definition) is 5. The van der Waals surface area contributed by atoms with Crippen LogP contribution in [0.3, 0.4) is 0 Å². The molecular formula is C30H26F5N3O5. The number of amides is 3. The molecule has 2 aliphatic heterocycles. The van der Waals surface area contributed by atoms with E-state index in [9.17, 15) is 36.3 Å². The van der Waals surface area contributed by atoms with Gasteiger partial charge in [0.15, 0.2) is 6.61 Å². The molecule has 2 heterocycles. The molecule has 0 bridgehead atoms. The fraction of sp³-hybridized carbons (Fsp3) is 0.300. The second kappa shape index (κ2) is 11.5. The molecule has 5 rings (SSSR count). The Morgan fingerprint density at radius 1 is 1.00 bits per heavy atom. The van der Waals surface area contributed by atoms with E-state index in [0.29, 0.717) is 22.4 Å². The lowest BCUT2D eigenvalue weighted by Crippen LogP contribution is -2.60. The van der Waals surface area contributed by atoms with Gasteiger partial charge in [0.25, 0.3) is 11.8 Å². The van der Waals surface area contributed by atoms with E-state index in [-0.39, 0.29) is 42.2 Å². The van der Waals surface area contributed by atoms with Crippen molar-refractivity contribution in [3.63, 3.8) is 0 Å². The average molecular weight is 604 g/mol. The highest BCUT2D eigenvalue weighted by Gasteiger charge is 2.40. The smallest absolute Gasteiger partial charge is 0.416 e. The highest BCUT2D eigenvalue weighted by atomic mass is 19.4. The number of ether oxygens (including phenoxy) is 2. The SMILES string of the molecule is Cc1cc(-c2ccc3c(c2)C(=O)N2CCN(C(=O)COc4ccc(OC(F)F)cc4C)C[C@H]2C(=O)N3)cc(C(F)(F)F)c1. The Morgan fingerprint density at radius 3 is 2.47 bits per heavy atom. The first kappa shape index (κ1) is 29.8. The van der Waals surface area contributed by atoms with E-state index >= 15 is 0 Å². The molecule has 8 nitrogen and oxygen atoms in total. The molecule has 0 aliphatic carbocycles. The Hall–Kier alpha value is -4.68. The van der Waals surface area contributed by atoms with Crippen LogP contribution in [0.4, 0.5) is 27.6 Å². The van der Waals surface area contributed by atoms with Crippen molar-refractivity contribution >= 4 is 23.4 Å². The van der Waals surface area contributed by atoms with Gasteiger partial charge in [-0.25, -0.2) is 0 Å². The van der Waals surface area contributed by atoms with E-state index in [1.807, 2.05) is 0 Å². The highest BCUT2D eigenvalue weighted by molar-refractivity contribution is 6.10. The zero-order valence-electron chi connectivity index (χ0n) is 23.0. The molecule has 0 spiro atoms.